The number of hydrogen-bond acceptors (Lipinski definition) is 3. The van der Waals surface area contributed by atoms with Gasteiger partial charge in [-0.3, -0.25) is 4.98 Å². The highest BCUT2D eigenvalue weighted by atomic mass is 15.0. The van der Waals surface area contributed by atoms with Crippen LogP contribution in [0.25, 0.3) is 17.0 Å². The van der Waals surface area contributed by atoms with Crippen molar-refractivity contribution in [3.05, 3.63) is 48.7 Å². The third kappa shape index (κ3) is 1.86. The summed E-state index contributed by atoms with van der Waals surface area (Å²) < 4.78 is 1.94. The summed E-state index contributed by atoms with van der Waals surface area (Å²) >= 11 is 0. The van der Waals surface area contributed by atoms with E-state index in [9.17, 15) is 0 Å². The highest BCUT2D eigenvalue weighted by Gasteiger charge is 2.04. The Kier molecular flexibility index (Phi) is 2.55. The van der Waals surface area contributed by atoms with Crippen LogP contribution in [0.5, 0.6) is 0 Å². The molecule has 0 unspecified atom stereocenters. The van der Waals surface area contributed by atoms with Crippen molar-refractivity contribution < 1.29 is 0 Å². The van der Waals surface area contributed by atoms with Crippen molar-refractivity contribution in [1.82, 2.24) is 19.4 Å². The quantitative estimate of drug-likeness (QED) is 0.689. The Morgan fingerprint density at radius 3 is 2.56 bits per heavy atom. The van der Waals surface area contributed by atoms with Crippen molar-refractivity contribution in [2.75, 3.05) is 0 Å². The number of imidazole rings is 1. The van der Waals surface area contributed by atoms with Crippen LogP contribution in [-0.4, -0.2) is 19.4 Å². The molecule has 0 saturated carbocycles. The Balaban J connectivity index is 2.02. The molecule has 0 bridgehead atoms. The van der Waals surface area contributed by atoms with E-state index in [1.807, 2.05) is 29.1 Å². The van der Waals surface area contributed by atoms with Crippen LogP contribution in [0.2, 0.25) is 0 Å². The van der Waals surface area contributed by atoms with Gasteiger partial charge in [0.25, 0.3) is 0 Å². The van der Waals surface area contributed by atoms with Crippen LogP contribution in [0, 0.1) is 0 Å². The SMILES string of the molecule is CC(C)c1ccc(-c2cn3ccnc3cn2)nc1. The molecule has 0 aliphatic rings. The molecule has 3 rings (SSSR count). The first-order valence-corrected chi connectivity index (χ1v) is 5.99. The summed E-state index contributed by atoms with van der Waals surface area (Å²) in [5.74, 6) is 0.496. The van der Waals surface area contributed by atoms with Crippen molar-refractivity contribution in [1.29, 1.82) is 0 Å². The highest BCUT2D eigenvalue weighted by molar-refractivity contribution is 5.55. The first-order chi connectivity index (χ1) is 8.74. The van der Waals surface area contributed by atoms with Crippen LogP contribution < -0.4 is 0 Å². The van der Waals surface area contributed by atoms with Gasteiger partial charge in [0, 0.05) is 24.8 Å². The molecule has 0 aliphatic heterocycles. The average Bonchev–Trinajstić information content (AvgIpc) is 2.86. The zero-order chi connectivity index (χ0) is 12.5. The predicted octanol–water partition coefficient (Wildman–Crippen LogP) is 2.91. The molecule has 3 heterocycles. The molecule has 4 nitrogen and oxygen atoms in total. The topological polar surface area (TPSA) is 43.1 Å². The maximum atomic E-state index is 4.47. The van der Waals surface area contributed by atoms with Crippen molar-refractivity contribution in [2.45, 2.75) is 19.8 Å². The van der Waals surface area contributed by atoms with Crippen molar-refractivity contribution >= 4 is 5.65 Å². The van der Waals surface area contributed by atoms with Crippen molar-refractivity contribution in [3.63, 3.8) is 0 Å². The largest absolute Gasteiger partial charge is 0.304 e. The van der Waals surface area contributed by atoms with Gasteiger partial charge in [-0.1, -0.05) is 19.9 Å². The Hall–Kier alpha value is -2.23. The van der Waals surface area contributed by atoms with E-state index in [1.165, 1.54) is 5.56 Å². The van der Waals surface area contributed by atoms with Crippen LogP contribution in [0.3, 0.4) is 0 Å². The lowest BCUT2D eigenvalue weighted by Gasteiger charge is -2.06. The molecule has 0 N–H and O–H groups in total. The molecule has 0 spiro atoms. The first kappa shape index (κ1) is 10.9. The molecule has 18 heavy (non-hydrogen) atoms. The predicted molar refractivity (Wildman–Crippen MR) is 70.3 cm³/mol. The van der Waals surface area contributed by atoms with Crippen LogP contribution in [0.15, 0.2) is 43.1 Å². The van der Waals surface area contributed by atoms with E-state index in [4.69, 9.17) is 0 Å². The van der Waals surface area contributed by atoms with Gasteiger partial charge >= 0.3 is 0 Å². The lowest BCUT2D eigenvalue weighted by molar-refractivity contribution is 0.858. The third-order valence-electron chi connectivity index (χ3n) is 2.99. The summed E-state index contributed by atoms with van der Waals surface area (Å²) in [6.07, 6.45) is 9.28. The molecule has 0 aromatic carbocycles. The molecule has 3 aromatic rings. The van der Waals surface area contributed by atoms with Crippen molar-refractivity contribution in [2.24, 2.45) is 0 Å². The second-order valence-corrected chi connectivity index (χ2v) is 4.60. The zero-order valence-electron chi connectivity index (χ0n) is 10.4. The number of rotatable bonds is 2. The third-order valence-corrected chi connectivity index (χ3v) is 2.99. The van der Waals surface area contributed by atoms with Gasteiger partial charge < -0.3 is 4.40 Å². The lowest BCUT2D eigenvalue weighted by atomic mass is 10.1. The molecule has 90 valence electrons. The summed E-state index contributed by atoms with van der Waals surface area (Å²) in [6.45, 7) is 4.32. The van der Waals surface area contributed by atoms with Gasteiger partial charge in [-0.15, -0.1) is 0 Å². The molecular weight excluding hydrogens is 224 g/mol. The van der Waals surface area contributed by atoms with Gasteiger partial charge in [-0.2, -0.15) is 0 Å². The molecule has 0 atom stereocenters. The van der Waals surface area contributed by atoms with E-state index in [1.54, 1.807) is 12.4 Å². The summed E-state index contributed by atoms with van der Waals surface area (Å²) in [5, 5.41) is 0. The normalized spacial score (nSPS) is 11.3. The highest BCUT2D eigenvalue weighted by Crippen LogP contribution is 2.18. The number of hydrogen-bond donors (Lipinski definition) is 0. The molecule has 4 heteroatoms. The Morgan fingerprint density at radius 1 is 1.00 bits per heavy atom. The number of nitrogens with zero attached hydrogens (tertiary/aromatic N) is 4. The molecule has 0 amide bonds. The summed E-state index contributed by atoms with van der Waals surface area (Å²) in [4.78, 5) is 13.0. The van der Waals surface area contributed by atoms with E-state index >= 15 is 0 Å². The second-order valence-electron chi connectivity index (χ2n) is 4.60. The number of pyridine rings is 1. The van der Waals surface area contributed by atoms with E-state index < -0.39 is 0 Å². The molecule has 0 aliphatic carbocycles. The fourth-order valence-electron chi connectivity index (χ4n) is 1.86. The smallest absolute Gasteiger partial charge is 0.155 e. The molecule has 0 fully saturated rings. The number of fused-ring (bicyclic) bond motifs is 1. The van der Waals surface area contributed by atoms with Gasteiger partial charge in [-0.05, 0) is 17.5 Å². The Morgan fingerprint density at radius 2 is 1.83 bits per heavy atom. The molecule has 0 radical (unpaired) electrons. The Labute approximate surface area is 105 Å². The van der Waals surface area contributed by atoms with E-state index in [0.29, 0.717) is 5.92 Å². The lowest BCUT2D eigenvalue weighted by Crippen LogP contribution is -1.94. The van der Waals surface area contributed by atoms with Crippen molar-refractivity contribution in [3.8, 4) is 11.4 Å². The van der Waals surface area contributed by atoms with Crippen LogP contribution in [-0.2, 0) is 0 Å². The van der Waals surface area contributed by atoms with E-state index in [-0.39, 0.29) is 0 Å². The second kappa shape index (κ2) is 4.22. The van der Waals surface area contributed by atoms with E-state index in [2.05, 4.69) is 34.9 Å². The van der Waals surface area contributed by atoms with Crippen LogP contribution >= 0.6 is 0 Å². The maximum absolute atomic E-state index is 4.47. The fourth-order valence-corrected chi connectivity index (χ4v) is 1.86. The summed E-state index contributed by atoms with van der Waals surface area (Å²) in [7, 11) is 0. The minimum atomic E-state index is 0.496. The van der Waals surface area contributed by atoms with Crippen LogP contribution in [0.1, 0.15) is 25.3 Å². The van der Waals surface area contributed by atoms with Gasteiger partial charge in [0.15, 0.2) is 5.65 Å². The average molecular weight is 238 g/mol. The molecule has 0 saturated heterocycles. The maximum Gasteiger partial charge on any atom is 0.155 e. The summed E-state index contributed by atoms with van der Waals surface area (Å²) in [5.41, 5.74) is 3.82. The molecule has 3 aromatic heterocycles. The first-order valence-electron chi connectivity index (χ1n) is 5.99. The minimum absolute atomic E-state index is 0.496. The van der Waals surface area contributed by atoms with Gasteiger partial charge in [-0.25, -0.2) is 9.97 Å². The molecular formula is C14H14N4. The standard InChI is InChI=1S/C14H14N4/c1-10(2)11-3-4-12(16-7-11)13-9-18-6-5-15-14(18)8-17-13/h3-10H,1-2H3. The summed E-state index contributed by atoms with van der Waals surface area (Å²) in [6, 6.07) is 4.12. The zero-order valence-corrected chi connectivity index (χ0v) is 10.4. The van der Waals surface area contributed by atoms with E-state index in [0.717, 1.165) is 17.0 Å². The van der Waals surface area contributed by atoms with Crippen LogP contribution in [0.4, 0.5) is 0 Å². The fraction of sp³-hybridized carbons (Fsp3) is 0.214. The van der Waals surface area contributed by atoms with Gasteiger partial charge in [0.05, 0.1) is 11.9 Å². The minimum Gasteiger partial charge on any atom is -0.304 e. The Bertz CT molecular complexity index is 668. The number of aromatic nitrogens is 4. The van der Waals surface area contributed by atoms with Gasteiger partial charge in [0.2, 0.25) is 0 Å². The monoisotopic (exact) mass is 238 g/mol. The van der Waals surface area contributed by atoms with Gasteiger partial charge in [0.1, 0.15) is 5.69 Å².